The van der Waals surface area contributed by atoms with Gasteiger partial charge in [0, 0.05) is 24.6 Å². The maximum absolute atomic E-state index is 4.79. The van der Waals surface area contributed by atoms with Crippen LogP contribution >= 0.6 is 0 Å². The average Bonchev–Trinajstić information content (AvgIpc) is 3.19. The lowest BCUT2D eigenvalue weighted by atomic mass is 9.96. The minimum atomic E-state index is 0.441. The Labute approximate surface area is 163 Å². The standard InChI is InChI=1S/C22H22N6/c1-15-6-2-3-7-17(15)20-14-23-27-22(26-20)28-12-10-16(11-13-28)21-24-18-8-4-5-9-19(18)25-21/h2-9,14,16H,10-13H2,1H3,(H,24,25). The number of hydrogen-bond acceptors (Lipinski definition) is 5. The molecular formula is C22H22N6. The van der Waals surface area contributed by atoms with E-state index in [2.05, 4.69) is 51.3 Å². The summed E-state index contributed by atoms with van der Waals surface area (Å²) < 4.78 is 0. The fraction of sp³-hybridized carbons (Fsp3) is 0.273. The van der Waals surface area contributed by atoms with Crippen LogP contribution in [-0.2, 0) is 0 Å². The van der Waals surface area contributed by atoms with Crippen molar-refractivity contribution in [2.75, 3.05) is 18.0 Å². The number of nitrogens with one attached hydrogen (secondary N) is 1. The largest absolute Gasteiger partial charge is 0.342 e. The van der Waals surface area contributed by atoms with Crippen LogP contribution in [0.25, 0.3) is 22.3 Å². The molecule has 0 aliphatic carbocycles. The zero-order valence-electron chi connectivity index (χ0n) is 15.8. The molecule has 6 heteroatoms. The molecule has 1 fully saturated rings. The molecule has 0 amide bonds. The van der Waals surface area contributed by atoms with Crippen LogP contribution in [0.5, 0.6) is 0 Å². The molecule has 5 rings (SSSR count). The first-order valence-electron chi connectivity index (χ1n) is 9.73. The van der Waals surface area contributed by atoms with Crippen LogP contribution < -0.4 is 4.90 Å². The quantitative estimate of drug-likeness (QED) is 0.588. The van der Waals surface area contributed by atoms with Crippen molar-refractivity contribution in [1.82, 2.24) is 25.1 Å². The Balaban J connectivity index is 1.33. The lowest BCUT2D eigenvalue weighted by molar-refractivity contribution is 0.483. The number of imidazole rings is 1. The third kappa shape index (κ3) is 3.11. The van der Waals surface area contributed by atoms with Crippen LogP contribution in [0, 0.1) is 6.92 Å². The van der Waals surface area contributed by atoms with E-state index < -0.39 is 0 Å². The van der Waals surface area contributed by atoms with Crippen molar-refractivity contribution in [2.24, 2.45) is 0 Å². The molecule has 6 nitrogen and oxygen atoms in total. The Morgan fingerprint density at radius 1 is 0.964 bits per heavy atom. The van der Waals surface area contributed by atoms with Gasteiger partial charge in [-0.05, 0) is 37.5 Å². The van der Waals surface area contributed by atoms with Crippen LogP contribution in [0.4, 0.5) is 5.95 Å². The molecule has 1 saturated heterocycles. The van der Waals surface area contributed by atoms with E-state index >= 15 is 0 Å². The topological polar surface area (TPSA) is 70.6 Å². The summed E-state index contributed by atoms with van der Waals surface area (Å²) in [5.41, 5.74) is 5.33. The van der Waals surface area contributed by atoms with Crippen LogP contribution in [0.1, 0.15) is 30.1 Å². The van der Waals surface area contributed by atoms with Crippen molar-refractivity contribution in [3.05, 3.63) is 66.1 Å². The molecule has 1 N–H and O–H groups in total. The monoisotopic (exact) mass is 370 g/mol. The minimum Gasteiger partial charge on any atom is -0.342 e. The van der Waals surface area contributed by atoms with E-state index in [-0.39, 0.29) is 0 Å². The Morgan fingerprint density at radius 2 is 1.75 bits per heavy atom. The second kappa shape index (κ2) is 7.03. The van der Waals surface area contributed by atoms with E-state index in [1.165, 1.54) is 5.56 Å². The molecule has 2 aromatic heterocycles. The van der Waals surface area contributed by atoms with E-state index in [0.717, 1.165) is 54.0 Å². The third-order valence-electron chi connectivity index (χ3n) is 5.54. The van der Waals surface area contributed by atoms with Crippen molar-refractivity contribution in [2.45, 2.75) is 25.7 Å². The Hall–Kier alpha value is -3.28. The predicted octanol–water partition coefficient (Wildman–Crippen LogP) is 4.11. The maximum Gasteiger partial charge on any atom is 0.245 e. The number of aromatic nitrogens is 5. The fourth-order valence-corrected chi connectivity index (χ4v) is 3.94. The summed E-state index contributed by atoms with van der Waals surface area (Å²) in [6.45, 7) is 3.90. The first kappa shape index (κ1) is 16.9. The molecule has 3 heterocycles. The number of anilines is 1. The zero-order valence-corrected chi connectivity index (χ0v) is 15.8. The van der Waals surface area contributed by atoms with Crippen LogP contribution in [0.15, 0.2) is 54.7 Å². The molecule has 140 valence electrons. The molecule has 4 aromatic rings. The number of fused-ring (bicyclic) bond motifs is 1. The van der Waals surface area contributed by atoms with Gasteiger partial charge in [-0.1, -0.05) is 36.4 Å². The highest BCUT2D eigenvalue weighted by Crippen LogP contribution is 2.29. The summed E-state index contributed by atoms with van der Waals surface area (Å²) in [6.07, 6.45) is 3.79. The number of aromatic amines is 1. The van der Waals surface area contributed by atoms with Crippen molar-refractivity contribution >= 4 is 17.0 Å². The van der Waals surface area contributed by atoms with E-state index in [1.807, 2.05) is 24.3 Å². The first-order valence-corrected chi connectivity index (χ1v) is 9.73. The third-order valence-corrected chi connectivity index (χ3v) is 5.54. The van der Waals surface area contributed by atoms with E-state index in [0.29, 0.717) is 11.9 Å². The lowest BCUT2D eigenvalue weighted by Crippen LogP contribution is -2.34. The summed E-state index contributed by atoms with van der Waals surface area (Å²) >= 11 is 0. The molecule has 0 radical (unpaired) electrons. The highest BCUT2D eigenvalue weighted by atomic mass is 15.3. The van der Waals surface area contributed by atoms with Gasteiger partial charge in [-0.15, -0.1) is 5.10 Å². The molecule has 0 unspecified atom stereocenters. The second-order valence-electron chi connectivity index (χ2n) is 7.36. The van der Waals surface area contributed by atoms with Gasteiger partial charge in [-0.3, -0.25) is 0 Å². The van der Waals surface area contributed by atoms with Gasteiger partial charge in [-0.2, -0.15) is 5.10 Å². The molecule has 0 atom stereocenters. The van der Waals surface area contributed by atoms with Gasteiger partial charge in [0.25, 0.3) is 0 Å². The number of aryl methyl sites for hydroxylation is 1. The summed E-state index contributed by atoms with van der Waals surface area (Å²) in [7, 11) is 0. The lowest BCUT2D eigenvalue weighted by Gasteiger charge is -2.30. The number of piperidine rings is 1. The molecule has 0 bridgehead atoms. The molecule has 1 aliphatic heterocycles. The number of hydrogen-bond donors (Lipinski definition) is 1. The first-order chi connectivity index (χ1) is 13.8. The number of para-hydroxylation sites is 2. The molecule has 1 aliphatic rings. The van der Waals surface area contributed by atoms with Crippen molar-refractivity contribution < 1.29 is 0 Å². The van der Waals surface area contributed by atoms with Crippen molar-refractivity contribution in [3.63, 3.8) is 0 Å². The van der Waals surface area contributed by atoms with Gasteiger partial charge in [0.05, 0.1) is 22.9 Å². The summed E-state index contributed by atoms with van der Waals surface area (Å²) in [6, 6.07) is 16.5. The molecule has 28 heavy (non-hydrogen) atoms. The number of H-pyrrole nitrogens is 1. The highest BCUT2D eigenvalue weighted by molar-refractivity contribution is 5.74. The zero-order chi connectivity index (χ0) is 18.9. The Morgan fingerprint density at radius 3 is 2.57 bits per heavy atom. The van der Waals surface area contributed by atoms with Gasteiger partial charge in [0.2, 0.25) is 5.95 Å². The Bertz CT molecular complexity index is 1080. The summed E-state index contributed by atoms with van der Waals surface area (Å²) in [5, 5.41) is 8.50. The molecule has 0 spiro atoms. The SMILES string of the molecule is Cc1ccccc1-c1cnnc(N2CCC(c3nc4ccccc4[nH]3)CC2)n1. The average molecular weight is 370 g/mol. The predicted molar refractivity (Wildman–Crippen MR) is 110 cm³/mol. The second-order valence-corrected chi connectivity index (χ2v) is 7.36. The summed E-state index contributed by atoms with van der Waals surface area (Å²) in [4.78, 5) is 15.3. The highest BCUT2D eigenvalue weighted by Gasteiger charge is 2.25. The van der Waals surface area contributed by atoms with E-state index in [1.54, 1.807) is 6.20 Å². The molecule has 2 aromatic carbocycles. The fourth-order valence-electron chi connectivity index (χ4n) is 3.94. The Kier molecular flexibility index (Phi) is 4.24. The van der Waals surface area contributed by atoms with E-state index in [9.17, 15) is 0 Å². The van der Waals surface area contributed by atoms with Gasteiger partial charge in [0.1, 0.15) is 5.82 Å². The molecule has 0 saturated carbocycles. The maximum atomic E-state index is 4.79. The van der Waals surface area contributed by atoms with Crippen LogP contribution in [0.2, 0.25) is 0 Å². The van der Waals surface area contributed by atoms with Crippen LogP contribution in [0.3, 0.4) is 0 Å². The summed E-state index contributed by atoms with van der Waals surface area (Å²) in [5.74, 6) is 2.24. The normalized spacial score (nSPS) is 15.2. The number of nitrogens with zero attached hydrogens (tertiary/aromatic N) is 5. The van der Waals surface area contributed by atoms with Crippen molar-refractivity contribution in [1.29, 1.82) is 0 Å². The van der Waals surface area contributed by atoms with Crippen molar-refractivity contribution in [3.8, 4) is 11.3 Å². The minimum absolute atomic E-state index is 0.441. The van der Waals surface area contributed by atoms with E-state index in [4.69, 9.17) is 9.97 Å². The number of rotatable bonds is 3. The van der Waals surface area contributed by atoms with Crippen LogP contribution in [-0.4, -0.2) is 38.2 Å². The van der Waals surface area contributed by atoms with Gasteiger partial charge < -0.3 is 9.88 Å². The van der Waals surface area contributed by atoms with Gasteiger partial charge in [0.15, 0.2) is 0 Å². The smallest absolute Gasteiger partial charge is 0.245 e. The number of benzene rings is 2. The van der Waals surface area contributed by atoms with Gasteiger partial charge >= 0.3 is 0 Å². The van der Waals surface area contributed by atoms with Gasteiger partial charge in [-0.25, -0.2) is 9.97 Å². The molecular weight excluding hydrogens is 348 g/mol.